The molecule has 1 fully saturated rings. The van der Waals surface area contributed by atoms with E-state index in [2.05, 4.69) is 15.6 Å². The largest absolute Gasteiger partial charge is 0.417 e. The number of anilines is 3. The summed E-state index contributed by atoms with van der Waals surface area (Å²) in [4.78, 5) is 29.0. The summed E-state index contributed by atoms with van der Waals surface area (Å²) in [5.41, 5.74) is 0.889. The third-order valence-electron chi connectivity index (χ3n) is 5.33. The summed E-state index contributed by atoms with van der Waals surface area (Å²) in [5.74, 6) is -0.764. The quantitative estimate of drug-likeness (QED) is 0.421. The number of carbonyl (C=O) groups excluding carboxylic acids is 1. The fourth-order valence-corrected chi connectivity index (χ4v) is 3.59. The highest BCUT2D eigenvalue weighted by molar-refractivity contribution is 5.87. The van der Waals surface area contributed by atoms with Crippen LogP contribution in [-0.2, 0) is 4.74 Å². The Morgan fingerprint density at radius 3 is 2.68 bits per heavy atom. The predicted octanol–water partition coefficient (Wildman–Crippen LogP) is 3.11. The topological polar surface area (TPSA) is 116 Å². The minimum absolute atomic E-state index is 0.0830. The number of hydrogen-bond donors (Lipinski definition) is 4. The van der Waals surface area contributed by atoms with Gasteiger partial charge in [0.05, 0.1) is 30.7 Å². The molecule has 34 heavy (non-hydrogen) atoms. The van der Waals surface area contributed by atoms with E-state index in [1.165, 1.54) is 18.3 Å². The third-order valence-corrected chi connectivity index (χ3v) is 5.33. The van der Waals surface area contributed by atoms with Crippen LogP contribution in [0, 0.1) is 5.82 Å². The standard InChI is InChI=1S/C24H25FN4O5/c25-18-14-17(6-7-20(18)29-10-12-33-13-11-29)28-24(32)34-22-19(8-9-26-23(22)31)27-15-21(30)16-4-2-1-3-5-16/h1-9,14,21,30H,10-13,15H2,(H,28,32)(H2,26,27,31)/t21-/m1/s1. The molecular formula is C24H25FN4O5. The van der Waals surface area contributed by atoms with E-state index >= 15 is 0 Å². The molecule has 0 aliphatic carbocycles. The van der Waals surface area contributed by atoms with Crippen molar-refractivity contribution < 1.29 is 23.8 Å². The molecule has 1 atom stereocenters. The van der Waals surface area contributed by atoms with Crippen LogP contribution >= 0.6 is 0 Å². The van der Waals surface area contributed by atoms with E-state index in [4.69, 9.17) is 9.47 Å². The van der Waals surface area contributed by atoms with E-state index in [0.717, 1.165) is 0 Å². The summed E-state index contributed by atoms with van der Waals surface area (Å²) in [6.45, 7) is 2.29. The molecule has 1 saturated heterocycles. The smallest absolute Gasteiger partial charge is 0.402 e. The number of ether oxygens (including phenoxy) is 2. The summed E-state index contributed by atoms with van der Waals surface area (Å²) in [5, 5.41) is 15.7. The average molecular weight is 468 g/mol. The molecule has 9 nitrogen and oxygen atoms in total. The summed E-state index contributed by atoms with van der Waals surface area (Å²) < 4.78 is 25.1. The van der Waals surface area contributed by atoms with Crippen molar-refractivity contribution in [1.29, 1.82) is 0 Å². The number of nitrogens with one attached hydrogen (secondary N) is 3. The normalized spacial score (nSPS) is 14.4. The van der Waals surface area contributed by atoms with Gasteiger partial charge in [-0.2, -0.15) is 0 Å². The van der Waals surface area contributed by atoms with Gasteiger partial charge in [-0.1, -0.05) is 30.3 Å². The van der Waals surface area contributed by atoms with Crippen molar-refractivity contribution in [3.8, 4) is 5.75 Å². The number of aromatic nitrogens is 1. The van der Waals surface area contributed by atoms with Crippen LogP contribution in [0.2, 0.25) is 0 Å². The van der Waals surface area contributed by atoms with E-state index in [1.54, 1.807) is 36.4 Å². The molecule has 1 aromatic heterocycles. The van der Waals surface area contributed by atoms with Crippen LogP contribution in [0.1, 0.15) is 11.7 Å². The number of amides is 1. The number of H-pyrrole nitrogens is 1. The third kappa shape index (κ3) is 5.72. The number of pyridine rings is 1. The highest BCUT2D eigenvalue weighted by Crippen LogP contribution is 2.25. The van der Waals surface area contributed by atoms with Gasteiger partial charge >= 0.3 is 6.09 Å². The molecule has 0 saturated carbocycles. The maximum Gasteiger partial charge on any atom is 0.417 e. The van der Waals surface area contributed by atoms with Crippen molar-refractivity contribution in [3.05, 3.63) is 82.5 Å². The lowest BCUT2D eigenvalue weighted by Crippen LogP contribution is -2.36. The van der Waals surface area contributed by atoms with E-state index in [9.17, 15) is 19.1 Å². The molecule has 1 amide bonds. The molecule has 4 N–H and O–H groups in total. The fourth-order valence-electron chi connectivity index (χ4n) is 3.59. The number of morpholine rings is 1. The zero-order valence-corrected chi connectivity index (χ0v) is 18.3. The van der Waals surface area contributed by atoms with Gasteiger partial charge in [-0.25, -0.2) is 9.18 Å². The summed E-state index contributed by atoms with van der Waals surface area (Å²) >= 11 is 0. The van der Waals surface area contributed by atoms with E-state index < -0.39 is 23.6 Å². The predicted molar refractivity (Wildman–Crippen MR) is 126 cm³/mol. The zero-order chi connectivity index (χ0) is 23.9. The first kappa shape index (κ1) is 23.3. The second kappa shape index (κ2) is 10.8. The van der Waals surface area contributed by atoms with Gasteiger partial charge in [0.2, 0.25) is 5.75 Å². The van der Waals surface area contributed by atoms with Gasteiger partial charge in [-0.05, 0) is 29.8 Å². The molecule has 3 aromatic rings. The lowest BCUT2D eigenvalue weighted by molar-refractivity contribution is 0.122. The number of carbonyl (C=O) groups is 1. The van der Waals surface area contributed by atoms with E-state index in [1.807, 2.05) is 11.0 Å². The highest BCUT2D eigenvalue weighted by atomic mass is 19.1. The van der Waals surface area contributed by atoms with Gasteiger partial charge in [0.15, 0.2) is 0 Å². The minimum Gasteiger partial charge on any atom is -0.402 e. The number of benzene rings is 2. The van der Waals surface area contributed by atoms with Crippen molar-refractivity contribution in [2.45, 2.75) is 6.10 Å². The highest BCUT2D eigenvalue weighted by Gasteiger charge is 2.18. The van der Waals surface area contributed by atoms with Gasteiger partial charge in [0.25, 0.3) is 5.56 Å². The SMILES string of the molecule is O=C(Nc1ccc(N2CCOCC2)c(F)c1)Oc1c(NC[C@@H](O)c2ccccc2)cc[nH]c1=O. The molecule has 0 radical (unpaired) electrons. The number of aliphatic hydroxyl groups is 1. The van der Waals surface area contributed by atoms with E-state index in [-0.39, 0.29) is 23.7 Å². The molecule has 1 aliphatic heterocycles. The Balaban J connectivity index is 1.41. The van der Waals surface area contributed by atoms with Crippen molar-refractivity contribution >= 4 is 23.2 Å². The van der Waals surface area contributed by atoms with Crippen LogP contribution in [0.3, 0.4) is 0 Å². The molecule has 0 bridgehead atoms. The van der Waals surface area contributed by atoms with E-state index in [0.29, 0.717) is 37.6 Å². The van der Waals surface area contributed by atoms with Crippen molar-refractivity contribution in [1.82, 2.24) is 4.98 Å². The number of halogens is 1. The number of rotatable bonds is 7. The molecule has 1 aliphatic rings. The molecule has 4 rings (SSSR count). The van der Waals surface area contributed by atoms with Crippen LogP contribution in [0.25, 0.3) is 0 Å². The monoisotopic (exact) mass is 468 g/mol. The Labute approximate surface area is 195 Å². The van der Waals surface area contributed by atoms with Gasteiger partial charge in [0.1, 0.15) is 5.82 Å². The van der Waals surface area contributed by atoms with Crippen molar-refractivity contribution in [2.24, 2.45) is 0 Å². The van der Waals surface area contributed by atoms with Crippen LogP contribution in [0.5, 0.6) is 5.75 Å². The average Bonchev–Trinajstić information content (AvgIpc) is 2.85. The first-order valence-electron chi connectivity index (χ1n) is 10.8. The Bertz CT molecular complexity index is 1180. The van der Waals surface area contributed by atoms with Crippen LogP contribution in [0.15, 0.2) is 65.6 Å². The Kier molecular flexibility index (Phi) is 7.41. The second-order valence-corrected chi connectivity index (χ2v) is 7.64. The van der Waals surface area contributed by atoms with Gasteiger partial charge < -0.3 is 29.8 Å². The molecule has 2 aromatic carbocycles. The summed E-state index contributed by atoms with van der Waals surface area (Å²) in [6.07, 6.45) is -0.402. The number of nitrogens with zero attached hydrogens (tertiary/aromatic N) is 1. The summed E-state index contributed by atoms with van der Waals surface area (Å²) in [7, 11) is 0. The number of aliphatic hydroxyl groups excluding tert-OH is 1. The van der Waals surface area contributed by atoms with Crippen molar-refractivity contribution in [3.63, 3.8) is 0 Å². The fraction of sp³-hybridized carbons (Fsp3) is 0.250. The molecular weight excluding hydrogens is 443 g/mol. The maximum absolute atomic E-state index is 14.6. The first-order valence-corrected chi connectivity index (χ1v) is 10.8. The summed E-state index contributed by atoms with van der Waals surface area (Å²) in [6, 6.07) is 14.8. The molecule has 10 heteroatoms. The Morgan fingerprint density at radius 2 is 1.94 bits per heavy atom. The van der Waals surface area contributed by atoms with Gasteiger partial charge in [0, 0.05) is 31.5 Å². The lowest BCUT2D eigenvalue weighted by Gasteiger charge is -2.29. The van der Waals surface area contributed by atoms with Crippen LogP contribution in [0.4, 0.5) is 26.2 Å². The number of aromatic amines is 1. The first-order chi connectivity index (χ1) is 16.5. The molecule has 178 valence electrons. The molecule has 0 spiro atoms. The Morgan fingerprint density at radius 1 is 1.18 bits per heavy atom. The van der Waals surface area contributed by atoms with Gasteiger partial charge in [-0.3, -0.25) is 10.1 Å². The molecule has 2 heterocycles. The zero-order valence-electron chi connectivity index (χ0n) is 18.3. The minimum atomic E-state index is -0.957. The lowest BCUT2D eigenvalue weighted by atomic mass is 10.1. The van der Waals surface area contributed by atoms with Crippen LogP contribution < -0.4 is 25.8 Å². The van der Waals surface area contributed by atoms with Gasteiger partial charge in [-0.15, -0.1) is 0 Å². The molecule has 0 unspecified atom stereocenters. The maximum atomic E-state index is 14.6. The number of hydrogen-bond acceptors (Lipinski definition) is 7. The van der Waals surface area contributed by atoms with Crippen LogP contribution in [-0.4, -0.2) is 49.0 Å². The second-order valence-electron chi connectivity index (χ2n) is 7.64. The van der Waals surface area contributed by atoms with Crippen molar-refractivity contribution in [2.75, 3.05) is 48.4 Å². The Hall–Kier alpha value is -3.89.